The van der Waals surface area contributed by atoms with Gasteiger partial charge >= 0.3 is 0 Å². The fourth-order valence-corrected chi connectivity index (χ4v) is 3.56. The first-order chi connectivity index (χ1) is 9.42. The molecule has 0 aliphatic carbocycles. The van der Waals surface area contributed by atoms with Crippen LogP contribution in [0.15, 0.2) is 33.7 Å². The first-order valence-corrected chi connectivity index (χ1v) is 9.12. The summed E-state index contributed by atoms with van der Waals surface area (Å²) in [7, 11) is 0. The van der Waals surface area contributed by atoms with Crippen molar-refractivity contribution in [3.8, 4) is 0 Å². The Morgan fingerprint density at radius 2 is 1.42 bits per heavy atom. The lowest BCUT2D eigenvalue weighted by Crippen LogP contribution is -2.17. The largest absolute Gasteiger partial charge is 0.340 e. The van der Waals surface area contributed by atoms with Crippen LogP contribution in [-0.4, -0.2) is 6.54 Å². The van der Waals surface area contributed by atoms with E-state index in [1.807, 2.05) is 0 Å². The van der Waals surface area contributed by atoms with Crippen LogP contribution in [0.4, 0.5) is 11.4 Å². The zero-order valence-electron chi connectivity index (χ0n) is 11.7. The second-order valence-electron chi connectivity index (χ2n) is 4.88. The minimum Gasteiger partial charge on any atom is -0.340 e. The average Bonchev–Trinajstić information content (AvgIpc) is 3.11. The van der Waals surface area contributed by atoms with E-state index in [1.54, 1.807) is 22.7 Å². The molecule has 2 aromatic heterocycles. The molecule has 3 heteroatoms. The van der Waals surface area contributed by atoms with Gasteiger partial charge in [0.1, 0.15) is 0 Å². The molecule has 0 saturated carbocycles. The number of hydrogen-bond donors (Lipinski definition) is 0. The summed E-state index contributed by atoms with van der Waals surface area (Å²) in [6, 6.07) is 4.44. The zero-order chi connectivity index (χ0) is 13.3. The minimum absolute atomic E-state index is 1.14. The Kier molecular flexibility index (Phi) is 6.45. The van der Waals surface area contributed by atoms with Crippen LogP contribution >= 0.6 is 22.7 Å². The standard InChI is InChI=1S/C16H23NS2/c1-2-3-4-5-6-7-10-17(15-8-11-18-13-15)16-9-12-19-14-16/h8-9,11-14H,2-7,10H2,1H3. The highest BCUT2D eigenvalue weighted by molar-refractivity contribution is 7.08. The van der Waals surface area contributed by atoms with Gasteiger partial charge in [0.2, 0.25) is 0 Å². The molecule has 0 saturated heterocycles. The molecule has 0 aliphatic rings. The maximum atomic E-state index is 2.45. The van der Waals surface area contributed by atoms with Crippen molar-refractivity contribution < 1.29 is 0 Å². The van der Waals surface area contributed by atoms with E-state index >= 15 is 0 Å². The summed E-state index contributed by atoms with van der Waals surface area (Å²) in [5.41, 5.74) is 2.69. The Balaban J connectivity index is 1.82. The van der Waals surface area contributed by atoms with Gasteiger partial charge in [-0.3, -0.25) is 0 Å². The Morgan fingerprint density at radius 1 is 0.842 bits per heavy atom. The van der Waals surface area contributed by atoms with Crippen LogP contribution in [0.5, 0.6) is 0 Å². The summed E-state index contributed by atoms with van der Waals surface area (Å²) < 4.78 is 0. The Morgan fingerprint density at radius 3 is 1.95 bits per heavy atom. The lowest BCUT2D eigenvalue weighted by molar-refractivity contribution is 0.609. The molecule has 2 rings (SSSR count). The summed E-state index contributed by atoms with van der Waals surface area (Å²) in [5.74, 6) is 0. The second kappa shape index (κ2) is 8.39. The highest BCUT2D eigenvalue weighted by Crippen LogP contribution is 2.29. The molecular weight excluding hydrogens is 270 g/mol. The number of nitrogens with zero attached hydrogens (tertiary/aromatic N) is 1. The number of unbranched alkanes of at least 4 members (excludes halogenated alkanes) is 5. The highest BCUT2D eigenvalue weighted by Gasteiger charge is 2.09. The molecule has 0 aliphatic heterocycles. The fraction of sp³-hybridized carbons (Fsp3) is 0.500. The van der Waals surface area contributed by atoms with E-state index in [1.165, 1.54) is 49.9 Å². The van der Waals surface area contributed by atoms with Crippen molar-refractivity contribution in [3.63, 3.8) is 0 Å². The van der Waals surface area contributed by atoms with Crippen molar-refractivity contribution in [1.29, 1.82) is 0 Å². The maximum Gasteiger partial charge on any atom is 0.0519 e. The summed E-state index contributed by atoms with van der Waals surface area (Å²) in [4.78, 5) is 2.45. The topological polar surface area (TPSA) is 3.24 Å². The molecule has 0 spiro atoms. The fourth-order valence-electron chi connectivity index (χ4n) is 2.28. The van der Waals surface area contributed by atoms with Gasteiger partial charge in [0.25, 0.3) is 0 Å². The molecule has 0 aromatic carbocycles. The van der Waals surface area contributed by atoms with Crippen molar-refractivity contribution in [2.75, 3.05) is 11.4 Å². The third-order valence-electron chi connectivity index (χ3n) is 3.37. The third-order valence-corrected chi connectivity index (χ3v) is 4.71. The number of thiophene rings is 2. The van der Waals surface area contributed by atoms with Crippen LogP contribution in [0.2, 0.25) is 0 Å². The molecule has 0 unspecified atom stereocenters. The molecule has 0 atom stereocenters. The van der Waals surface area contributed by atoms with Gasteiger partial charge in [-0.25, -0.2) is 0 Å². The van der Waals surface area contributed by atoms with Gasteiger partial charge < -0.3 is 4.90 Å². The van der Waals surface area contributed by atoms with E-state index in [0.29, 0.717) is 0 Å². The lowest BCUT2D eigenvalue weighted by atomic mass is 10.1. The normalized spacial score (nSPS) is 10.8. The summed E-state index contributed by atoms with van der Waals surface area (Å²) in [5, 5.41) is 8.81. The summed E-state index contributed by atoms with van der Waals surface area (Å²) in [6.45, 7) is 3.41. The molecule has 2 heterocycles. The van der Waals surface area contributed by atoms with Gasteiger partial charge in [0, 0.05) is 17.3 Å². The van der Waals surface area contributed by atoms with Crippen LogP contribution in [0.1, 0.15) is 45.4 Å². The Labute approximate surface area is 124 Å². The van der Waals surface area contributed by atoms with Gasteiger partial charge in [0.15, 0.2) is 0 Å². The first-order valence-electron chi connectivity index (χ1n) is 7.23. The SMILES string of the molecule is CCCCCCCCN(c1ccsc1)c1ccsc1. The Bertz CT molecular complexity index is 385. The van der Waals surface area contributed by atoms with E-state index in [-0.39, 0.29) is 0 Å². The lowest BCUT2D eigenvalue weighted by Gasteiger charge is -2.22. The van der Waals surface area contributed by atoms with Gasteiger partial charge in [-0.1, -0.05) is 39.0 Å². The predicted octanol–water partition coefficient (Wildman–Crippen LogP) is 6.31. The predicted molar refractivity (Wildman–Crippen MR) is 89.0 cm³/mol. The first kappa shape index (κ1) is 14.6. The molecule has 0 amide bonds. The molecule has 19 heavy (non-hydrogen) atoms. The van der Waals surface area contributed by atoms with Gasteiger partial charge in [0.05, 0.1) is 11.4 Å². The van der Waals surface area contributed by atoms with Crippen LogP contribution in [0.25, 0.3) is 0 Å². The minimum atomic E-state index is 1.14. The highest BCUT2D eigenvalue weighted by atomic mass is 32.1. The van der Waals surface area contributed by atoms with E-state index in [0.717, 1.165) is 6.54 Å². The smallest absolute Gasteiger partial charge is 0.0519 e. The quantitative estimate of drug-likeness (QED) is 0.490. The maximum absolute atomic E-state index is 2.45. The third kappa shape index (κ3) is 4.66. The molecule has 2 aromatic rings. The monoisotopic (exact) mass is 293 g/mol. The molecule has 0 radical (unpaired) electrons. The molecule has 0 N–H and O–H groups in total. The van der Waals surface area contributed by atoms with Crippen molar-refractivity contribution in [2.45, 2.75) is 45.4 Å². The van der Waals surface area contributed by atoms with E-state index in [9.17, 15) is 0 Å². The van der Waals surface area contributed by atoms with Crippen LogP contribution in [0.3, 0.4) is 0 Å². The van der Waals surface area contributed by atoms with E-state index in [4.69, 9.17) is 0 Å². The Hall–Kier alpha value is -0.800. The summed E-state index contributed by atoms with van der Waals surface area (Å²) in [6.07, 6.45) is 8.14. The number of rotatable bonds is 9. The molecule has 104 valence electrons. The molecule has 0 fully saturated rings. The number of anilines is 2. The van der Waals surface area contributed by atoms with Crippen molar-refractivity contribution in [2.24, 2.45) is 0 Å². The average molecular weight is 294 g/mol. The zero-order valence-corrected chi connectivity index (χ0v) is 13.3. The van der Waals surface area contributed by atoms with Crippen LogP contribution < -0.4 is 4.90 Å². The van der Waals surface area contributed by atoms with Gasteiger partial charge in [-0.15, -0.1) is 0 Å². The van der Waals surface area contributed by atoms with Crippen molar-refractivity contribution >= 4 is 34.0 Å². The van der Waals surface area contributed by atoms with Crippen molar-refractivity contribution in [3.05, 3.63) is 33.7 Å². The number of hydrogen-bond acceptors (Lipinski definition) is 3. The molecule has 0 bridgehead atoms. The van der Waals surface area contributed by atoms with E-state index in [2.05, 4.69) is 45.5 Å². The van der Waals surface area contributed by atoms with Gasteiger partial charge in [-0.05, 0) is 29.3 Å². The van der Waals surface area contributed by atoms with Crippen molar-refractivity contribution in [1.82, 2.24) is 0 Å². The summed E-state index contributed by atoms with van der Waals surface area (Å²) >= 11 is 3.55. The molecule has 1 nitrogen and oxygen atoms in total. The van der Waals surface area contributed by atoms with Crippen LogP contribution in [0, 0.1) is 0 Å². The molecular formula is C16H23NS2. The van der Waals surface area contributed by atoms with Gasteiger partial charge in [-0.2, -0.15) is 22.7 Å². The second-order valence-corrected chi connectivity index (χ2v) is 6.44. The van der Waals surface area contributed by atoms with E-state index < -0.39 is 0 Å². The van der Waals surface area contributed by atoms with Crippen LogP contribution in [-0.2, 0) is 0 Å².